The van der Waals surface area contributed by atoms with Crippen LogP contribution in [0, 0.1) is 11.8 Å². The fraction of sp³-hybridized carbons (Fsp3) is 0.391. The van der Waals surface area contributed by atoms with Crippen LogP contribution in [-0.2, 0) is 4.79 Å². The van der Waals surface area contributed by atoms with Crippen molar-refractivity contribution in [2.24, 2.45) is 11.8 Å². The van der Waals surface area contributed by atoms with Crippen LogP contribution >= 0.6 is 11.6 Å². The number of carbonyl (C=O) groups excluding carboxylic acids is 2. The van der Waals surface area contributed by atoms with Gasteiger partial charge in [-0.05, 0) is 55.2 Å². The van der Waals surface area contributed by atoms with Gasteiger partial charge in [-0.15, -0.1) is 0 Å². The second kappa shape index (κ2) is 9.47. The van der Waals surface area contributed by atoms with Gasteiger partial charge in [0.05, 0.1) is 0 Å². The molecule has 0 radical (unpaired) electrons. The SMILES string of the molecule is C[C@@H](C(=O)Nc1ccc2c(c1)OCCO2)C1CCN(C(=O)Nc2ccc(Cl)cc2)CC1. The zero-order valence-corrected chi connectivity index (χ0v) is 18.2. The van der Waals surface area contributed by atoms with Crippen molar-refractivity contribution in [3.05, 3.63) is 47.5 Å². The molecular formula is C23H26ClN3O4. The molecule has 1 atom stereocenters. The second-order valence-corrected chi connectivity index (χ2v) is 8.33. The number of ether oxygens (including phenoxy) is 2. The molecule has 2 aliphatic rings. The fourth-order valence-electron chi connectivity index (χ4n) is 3.93. The van der Waals surface area contributed by atoms with Crippen LogP contribution in [0.15, 0.2) is 42.5 Å². The summed E-state index contributed by atoms with van der Waals surface area (Å²) in [7, 11) is 0. The van der Waals surface area contributed by atoms with Gasteiger partial charge < -0.3 is 25.0 Å². The first-order valence-electron chi connectivity index (χ1n) is 10.5. The largest absolute Gasteiger partial charge is 0.486 e. The molecule has 0 aromatic heterocycles. The first-order valence-corrected chi connectivity index (χ1v) is 10.9. The van der Waals surface area contributed by atoms with Crippen LogP contribution in [0.4, 0.5) is 16.2 Å². The third-order valence-corrected chi connectivity index (χ3v) is 6.10. The summed E-state index contributed by atoms with van der Waals surface area (Å²) in [6, 6.07) is 12.3. The van der Waals surface area contributed by atoms with Crippen molar-refractivity contribution in [3.8, 4) is 11.5 Å². The Morgan fingerprint density at radius 2 is 1.61 bits per heavy atom. The summed E-state index contributed by atoms with van der Waals surface area (Å²) in [5.41, 5.74) is 1.41. The van der Waals surface area contributed by atoms with Crippen molar-refractivity contribution >= 4 is 34.9 Å². The predicted molar refractivity (Wildman–Crippen MR) is 120 cm³/mol. The average Bonchev–Trinajstić information content (AvgIpc) is 2.80. The Hall–Kier alpha value is -2.93. The molecule has 31 heavy (non-hydrogen) atoms. The summed E-state index contributed by atoms with van der Waals surface area (Å²) >= 11 is 5.88. The lowest BCUT2D eigenvalue weighted by Gasteiger charge is -2.34. The van der Waals surface area contributed by atoms with Crippen molar-refractivity contribution in [2.75, 3.05) is 36.9 Å². The molecule has 0 spiro atoms. The number of likely N-dealkylation sites (tertiary alicyclic amines) is 1. The lowest BCUT2D eigenvalue weighted by molar-refractivity contribution is -0.121. The molecule has 2 N–H and O–H groups in total. The average molecular weight is 444 g/mol. The second-order valence-electron chi connectivity index (χ2n) is 7.90. The molecule has 4 rings (SSSR count). The maximum Gasteiger partial charge on any atom is 0.321 e. The first-order chi connectivity index (χ1) is 15.0. The number of hydrogen-bond acceptors (Lipinski definition) is 4. The number of anilines is 2. The summed E-state index contributed by atoms with van der Waals surface area (Å²) < 4.78 is 11.1. The van der Waals surface area contributed by atoms with Crippen molar-refractivity contribution in [1.82, 2.24) is 4.90 Å². The first kappa shape index (κ1) is 21.3. The van der Waals surface area contributed by atoms with Gasteiger partial charge >= 0.3 is 6.03 Å². The fourth-order valence-corrected chi connectivity index (χ4v) is 4.06. The van der Waals surface area contributed by atoms with E-state index in [9.17, 15) is 9.59 Å². The van der Waals surface area contributed by atoms with Crippen LogP contribution < -0.4 is 20.1 Å². The summed E-state index contributed by atoms with van der Waals surface area (Å²) in [4.78, 5) is 27.1. The van der Waals surface area contributed by atoms with E-state index in [2.05, 4.69) is 10.6 Å². The Labute approximate surface area is 186 Å². The topological polar surface area (TPSA) is 79.9 Å². The molecule has 0 saturated carbocycles. The number of carbonyl (C=O) groups is 2. The molecule has 164 valence electrons. The Balaban J connectivity index is 1.27. The molecule has 2 aromatic rings. The number of piperidine rings is 1. The number of halogens is 1. The minimum absolute atomic E-state index is 0.0271. The van der Waals surface area contributed by atoms with Gasteiger partial charge in [0.15, 0.2) is 11.5 Å². The molecule has 0 bridgehead atoms. The summed E-state index contributed by atoms with van der Waals surface area (Å²) in [5.74, 6) is 1.38. The molecule has 7 nitrogen and oxygen atoms in total. The van der Waals surface area contributed by atoms with Crippen LogP contribution in [-0.4, -0.2) is 43.1 Å². The Kier molecular flexibility index (Phi) is 6.51. The van der Waals surface area contributed by atoms with E-state index in [0.29, 0.717) is 54.2 Å². The third-order valence-electron chi connectivity index (χ3n) is 5.85. The van der Waals surface area contributed by atoms with Crippen LogP contribution in [0.3, 0.4) is 0 Å². The van der Waals surface area contributed by atoms with E-state index in [1.807, 2.05) is 19.1 Å². The highest BCUT2D eigenvalue weighted by atomic mass is 35.5. The van der Waals surface area contributed by atoms with E-state index in [1.54, 1.807) is 35.2 Å². The van der Waals surface area contributed by atoms with Crippen LogP contribution in [0.2, 0.25) is 5.02 Å². The zero-order valence-electron chi connectivity index (χ0n) is 17.4. The molecular weight excluding hydrogens is 418 g/mol. The van der Waals surface area contributed by atoms with Crippen molar-refractivity contribution in [3.63, 3.8) is 0 Å². The van der Waals surface area contributed by atoms with E-state index in [0.717, 1.165) is 12.8 Å². The van der Waals surface area contributed by atoms with Gasteiger partial charge in [-0.2, -0.15) is 0 Å². The van der Waals surface area contributed by atoms with E-state index in [-0.39, 0.29) is 23.8 Å². The Bertz CT molecular complexity index is 942. The monoisotopic (exact) mass is 443 g/mol. The van der Waals surface area contributed by atoms with Gasteiger partial charge in [0, 0.05) is 41.5 Å². The van der Waals surface area contributed by atoms with Gasteiger partial charge in [-0.3, -0.25) is 4.79 Å². The molecule has 1 fully saturated rings. The highest BCUT2D eigenvalue weighted by Crippen LogP contribution is 2.33. The Morgan fingerprint density at radius 3 is 2.32 bits per heavy atom. The summed E-state index contributed by atoms with van der Waals surface area (Å²) in [5, 5.41) is 6.50. The summed E-state index contributed by atoms with van der Waals surface area (Å²) in [6.07, 6.45) is 1.56. The van der Waals surface area contributed by atoms with Crippen molar-refractivity contribution < 1.29 is 19.1 Å². The maximum absolute atomic E-state index is 12.8. The van der Waals surface area contributed by atoms with Gasteiger partial charge in [-0.1, -0.05) is 18.5 Å². The molecule has 3 amide bonds. The molecule has 1 saturated heterocycles. The predicted octanol–water partition coefficient (Wildman–Crippen LogP) is 4.63. The van der Waals surface area contributed by atoms with Crippen LogP contribution in [0.5, 0.6) is 11.5 Å². The van der Waals surface area contributed by atoms with Crippen LogP contribution in [0.1, 0.15) is 19.8 Å². The molecule has 0 unspecified atom stereocenters. The normalized spacial score (nSPS) is 17.0. The maximum atomic E-state index is 12.8. The minimum atomic E-state index is -0.158. The standard InChI is InChI=1S/C23H26ClN3O4/c1-15(22(28)25-19-6-7-20-21(14-19)31-13-12-30-20)16-8-10-27(11-9-16)23(29)26-18-4-2-17(24)3-5-18/h2-7,14-16H,8-13H2,1H3,(H,25,28)(H,26,29)/t15-/m1/s1. The number of nitrogens with one attached hydrogen (secondary N) is 2. The number of amides is 3. The highest BCUT2D eigenvalue weighted by Gasteiger charge is 2.30. The molecule has 0 aliphatic carbocycles. The van der Waals surface area contributed by atoms with Crippen molar-refractivity contribution in [1.29, 1.82) is 0 Å². The van der Waals surface area contributed by atoms with Gasteiger partial charge in [-0.25, -0.2) is 4.79 Å². The van der Waals surface area contributed by atoms with E-state index >= 15 is 0 Å². The number of benzene rings is 2. The van der Waals surface area contributed by atoms with Gasteiger partial charge in [0.1, 0.15) is 13.2 Å². The van der Waals surface area contributed by atoms with Gasteiger partial charge in [0.25, 0.3) is 0 Å². The highest BCUT2D eigenvalue weighted by molar-refractivity contribution is 6.30. The Morgan fingerprint density at radius 1 is 0.968 bits per heavy atom. The van der Waals surface area contributed by atoms with Crippen LogP contribution in [0.25, 0.3) is 0 Å². The van der Waals surface area contributed by atoms with Crippen molar-refractivity contribution in [2.45, 2.75) is 19.8 Å². The number of nitrogens with zero attached hydrogens (tertiary/aromatic N) is 1. The van der Waals surface area contributed by atoms with E-state index in [4.69, 9.17) is 21.1 Å². The minimum Gasteiger partial charge on any atom is -0.486 e. The van der Waals surface area contributed by atoms with E-state index in [1.165, 1.54) is 0 Å². The quantitative estimate of drug-likeness (QED) is 0.722. The molecule has 2 aromatic carbocycles. The number of rotatable bonds is 4. The van der Waals surface area contributed by atoms with E-state index < -0.39 is 0 Å². The third kappa shape index (κ3) is 5.22. The molecule has 2 aliphatic heterocycles. The number of urea groups is 1. The van der Waals surface area contributed by atoms with Gasteiger partial charge in [0.2, 0.25) is 5.91 Å². The lowest BCUT2D eigenvalue weighted by atomic mass is 9.85. The smallest absolute Gasteiger partial charge is 0.321 e. The zero-order chi connectivity index (χ0) is 21.8. The molecule has 2 heterocycles. The molecule has 8 heteroatoms. The summed E-state index contributed by atoms with van der Waals surface area (Å²) in [6.45, 7) is 4.22. The lowest BCUT2D eigenvalue weighted by Crippen LogP contribution is -2.43. The number of fused-ring (bicyclic) bond motifs is 1. The number of hydrogen-bond donors (Lipinski definition) is 2.